The number of phenolic OH excluding ortho intramolecular Hbond substituents is 1. The van der Waals surface area contributed by atoms with Crippen LogP contribution in [0.4, 0.5) is 5.69 Å². The van der Waals surface area contributed by atoms with Crippen molar-refractivity contribution in [3.05, 3.63) is 71.4 Å². The number of anilines is 1. The SMILES string of the molecule is Cc1cc(O)ccc1NC(=O)/C(C#N)=C\NC(C)c1ccccc1. The van der Waals surface area contributed by atoms with Gasteiger partial charge < -0.3 is 15.7 Å². The normalized spacial score (nSPS) is 12.1. The van der Waals surface area contributed by atoms with Gasteiger partial charge in [-0.3, -0.25) is 4.79 Å². The zero-order chi connectivity index (χ0) is 17.5. The van der Waals surface area contributed by atoms with Crippen molar-refractivity contribution in [3.8, 4) is 11.8 Å². The average Bonchev–Trinajstić information content (AvgIpc) is 2.58. The Morgan fingerprint density at radius 3 is 2.58 bits per heavy atom. The average molecular weight is 321 g/mol. The molecule has 2 aromatic carbocycles. The van der Waals surface area contributed by atoms with E-state index < -0.39 is 5.91 Å². The largest absolute Gasteiger partial charge is 0.508 e. The number of hydrogen-bond donors (Lipinski definition) is 3. The molecule has 0 saturated carbocycles. The van der Waals surface area contributed by atoms with E-state index in [-0.39, 0.29) is 17.4 Å². The van der Waals surface area contributed by atoms with Gasteiger partial charge >= 0.3 is 0 Å². The standard InChI is InChI=1S/C19H19N3O2/c1-13-10-17(23)8-9-18(13)22-19(24)16(11-20)12-21-14(2)15-6-4-3-5-7-15/h3-10,12,14,21,23H,1-2H3,(H,22,24)/b16-12-. The van der Waals surface area contributed by atoms with E-state index in [2.05, 4.69) is 10.6 Å². The molecule has 1 unspecified atom stereocenters. The number of nitrogens with one attached hydrogen (secondary N) is 2. The molecule has 0 fully saturated rings. The number of carbonyl (C=O) groups excluding carboxylic acids is 1. The third-order valence-electron chi connectivity index (χ3n) is 3.60. The molecule has 5 nitrogen and oxygen atoms in total. The highest BCUT2D eigenvalue weighted by Crippen LogP contribution is 2.20. The zero-order valence-electron chi connectivity index (χ0n) is 13.6. The highest BCUT2D eigenvalue weighted by Gasteiger charge is 2.12. The molecular formula is C19H19N3O2. The number of benzene rings is 2. The van der Waals surface area contributed by atoms with Crippen LogP contribution in [0, 0.1) is 18.3 Å². The Balaban J connectivity index is 2.07. The Hall–Kier alpha value is -3.26. The van der Waals surface area contributed by atoms with E-state index >= 15 is 0 Å². The summed E-state index contributed by atoms with van der Waals surface area (Å²) in [6.07, 6.45) is 1.42. The molecule has 0 aromatic heterocycles. The molecule has 5 heteroatoms. The van der Waals surface area contributed by atoms with Crippen molar-refractivity contribution in [1.29, 1.82) is 5.26 Å². The van der Waals surface area contributed by atoms with Crippen LogP contribution in [0.5, 0.6) is 5.75 Å². The Kier molecular flexibility index (Phi) is 5.58. The van der Waals surface area contributed by atoms with Crippen molar-refractivity contribution in [2.24, 2.45) is 0 Å². The van der Waals surface area contributed by atoms with Gasteiger partial charge in [0.05, 0.1) is 0 Å². The monoisotopic (exact) mass is 321 g/mol. The van der Waals surface area contributed by atoms with Gasteiger partial charge in [-0.15, -0.1) is 0 Å². The van der Waals surface area contributed by atoms with Gasteiger partial charge in [-0.05, 0) is 43.2 Å². The topological polar surface area (TPSA) is 85.2 Å². The van der Waals surface area contributed by atoms with Crippen molar-refractivity contribution in [2.75, 3.05) is 5.32 Å². The third kappa shape index (κ3) is 4.37. The molecule has 122 valence electrons. The van der Waals surface area contributed by atoms with Crippen LogP contribution in [-0.4, -0.2) is 11.0 Å². The van der Waals surface area contributed by atoms with Gasteiger partial charge in [0.2, 0.25) is 0 Å². The second-order valence-corrected chi connectivity index (χ2v) is 5.42. The van der Waals surface area contributed by atoms with E-state index in [1.165, 1.54) is 12.3 Å². The number of nitrogens with zero attached hydrogens (tertiary/aromatic N) is 1. The van der Waals surface area contributed by atoms with Crippen LogP contribution in [0.2, 0.25) is 0 Å². The number of carbonyl (C=O) groups is 1. The fourth-order valence-corrected chi connectivity index (χ4v) is 2.17. The smallest absolute Gasteiger partial charge is 0.267 e. The third-order valence-corrected chi connectivity index (χ3v) is 3.60. The first-order valence-corrected chi connectivity index (χ1v) is 7.53. The second-order valence-electron chi connectivity index (χ2n) is 5.42. The minimum absolute atomic E-state index is 0.0229. The molecule has 0 aliphatic heterocycles. The highest BCUT2D eigenvalue weighted by atomic mass is 16.3. The number of amides is 1. The van der Waals surface area contributed by atoms with Crippen molar-refractivity contribution in [3.63, 3.8) is 0 Å². The molecule has 0 aliphatic carbocycles. The number of phenols is 1. The van der Waals surface area contributed by atoms with Crippen molar-refractivity contribution >= 4 is 11.6 Å². The van der Waals surface area contributed by atoms with Crippen LogP contribution in [-0.2, 0) is 4.79 Å². The quantitative estimate of drug-likeness (QED) is 0.447. The van der Waals surface area contributed by atoms with Crippen LogP contribution in [0.15, 0.2) is 60.3 Å². The van der Waals surface area contributed by atoms with Gasteiger partial charge in [0, 0.05) is 17.9 Å². The summed E-state index contributed by atoms with van der Waals surface area (Å²) in [5.74, 6) is -0.376. The number of nitriles is 1. The first-order chi connectivity index (χ1) is 11.5. The predicted molar refractivity (Wildman–Crippen MR) is 93.2 cm³/mol. The number of rotatable bonds is 5. The summed E-state index contributed by atoms with van der Waals surface area (Å²) in [6, 6.07) is 16.2. The van der Waals surface area contributed by atoms with Crippen LogP contribution in [0.3, 0.4) is 0 Å². The fourth-order valence-electron chi connectivity index (χ4n) is 2.17. The second kappa shape index (κ2) is 7.84. The Morgan fingerprint density at radius 2 is 1.96 bits per heavy atom. The number of aromatic hydroxyl groups is 1. The van der Waals surface area contributed by atoms with Gasteiger partial charge in [0.1, 0.15) is 17.4 Å². The van der Waals surface area contributed by atoms with Gasteiger partial charge in [-0.25, -0.2) is 0 Å². The number of hydrogen-bond acceptors (Lipinski definition) is 4. The van der Waals surface area contributed by atoms with E-state index in [0.717, 1.165) is 5.56 Å². The molecule has 1 amide bonds. The van der Waals surface area contributed by atoms with Crippen molar-refractivity contribution < 1.29 is 9.90 Å². The lowest BCUT2D eigenvalue weighted by molar-refractivity contribution is -0.112. The Labute approximate surface area is 141 Å². The van der Waals surface area contributed by atoms with Gasteiger partial charge in [-0.1, -0.05) is 30.3 Å². The molecule has 2 aromatic rings. The molecule has 0 radical (unpaired) electrons. The molecular weight excluding hydrogens is 302 g/mol. The summed E-state index contributed by atoms with van der Waals surface area (Å²) in [7, 11) is 0. The summed E-state index contributed by atoms with van der Waals surface area (Å²) >= 11 is 0. The maximum atomic E-state index is 12.2. The lowest BCUT2D eigenvalue weighted by Gasteiger charge is -2.13. The van der Waals surface area contributed by atoms with E-state index in [9.17, 15) is 15.2 Å². The van der Waals surface area contributed by atoms with Crippen LogP contribution >= 0.6 is 0 Å². The molecule has 3 N–H and O–H groups in total. The summed E-state index contributed by atoms with van der Waals surface area (Å²) < 4.78 is 0. The Bertz CT molecular complexity index is 792. The molecule has 24 heavy (non-hydrogen) atoms. The summed E-state index contributed by atoms with van der Waals surface area (Å²) in [4.78, 5) is 12.2. The van der Waals surface area contributed by atoms with Crippen LogP contribution < -0.4 is 10.6 Å². The lowest BCUT2D eigenvalue weighted by Crippen LogP contribution is -2.18. The van der Waals surface area contributed by atoms with E-state index in [1.807, 2.05) is 43.3 Å². The molecule has 2 rings (SSSR count). The van der Waals surface area contributed by atoms with Gasteiger partial charge in [0.25, 0.3) is 5.91 Å². The summed E-state index contributed by atoms with van der Waals surface area (Å²) in [5.41, 5.74) is 2.30. The molecule has 1 atom stereocenters. The maximum absolute atomic E-state index is 12.2. The predicted octanol–water partition coefficient (Wildman–Crippen LogP) is 3.40. The van der Waals surface area contributed by atoms with E-state index in [0.29, 0.717) is 11.3 Å². The minimum Gasteiger partial charge on any atom is -0.508 e. The highest BCUT2D eigenvalue weighted by molar-refractivity contribution is 6.06. The maximum Gasteiger partial charge on any atom is 0.267 e. The van der Waals surface area contributed by atoms with E-state index in [4.69, 9.17) is 0 Å². The number of aryl methyl sites for hydroxylation is 1. The van der Waals surface area contributed by atoms with Gasteiger partial charge in [-0.2, -0.15) is 5.26 Å². The summed E-state index contributed by atoms with van der Waals surface area (Å²) in [5, 5.41) is 24.3. The first kappa shape index (κ1) is 17.1. The summed E-state index contributed by atoms with van der Waals surface area (Å²) in [6.45, 7) is 3.71. The first-order valence-electron chi connectivity index (χ1n) is 7.53. The fraction of sp³-hybridized carbons (Fsp3) is 0.158. The minimum atomic E-state index is -0.501. The zero-order valence-corrected chi connectivity index (χ0v) is 13.6. The van der Waals surface area contributed by atoms with Crippen LogP contribution in [0.25, 0.3) is 0 Å². The molecule has 0 heterocycles. The van der Waals surface area contributed by atoms with Gasteiger partial charge in [0.15, 0.2) is 0 Å². The lowest BCUT2D eigenvalue weighted by atomic mass is 10.1. The van der Waals surface area contributed by atoms with Crippen molar-refractivity contribution in [1.82, 2.24) is 5.32 Å². The molecule has 0 aliphatic rings. The molecule has 0 spiro atoms. The van der Waals surface area contributed by atoms with Crippen molar-refractivity contribution in [2.45, 2.75) is 19.9 Å². The van der Waals surface area contributed by atoms with Crippen LogP contribution in [0.1, 0.15) is 24.1 Å². The molecule has 0 saturated heterocycles. The van der Waals surface area contributed by atoms with E-state index in [1.54, 1.807) is 19.1 Å². The molecule has 0 bridgehead atoms. The Morgan fingerprint density at radius 1 is 1.25 bits per heavy atom.